The van der Waals surface area contributed by atoms with E-state index in [0.29, 0.717) is 27.9 Å². The van der Waals surface area contributed by atoms with Gasteiger partial charge >= 0.3 is 0 Å². The number of rotatable bonds is 3. The zero-order chi connectivity index (χ0) is 16.2. The van der Waals surface area contributed by atoms with Crippen molar-refractivity contribution in [3.05, 3.63) is 46.7 Å². The van der Waals surface area contributed by atoms with E-state index in [4.69, 9.17) is 11.6 Å². The summed E-state index contributed by atoms with van der Waals surface area (Å²) in [7, 11) is 0. The van der Waals surface area contributed by atoms with Crippen LogP contribution in [0, 0.1) is 6.92 Å². The molecule has 1 aromatic carbocycles. The molecule has 1 aliphatic heterocycles. The number of hydrogen-bond acceptors (Lipinski definition) is 4. The third-order valence-electron chi connectivity index (χ3n) is 3.93. The smallest absolute Gasteiger partial charge is 0.259 e. The largest absolute Gasteiger partial charge is 0.341 e. The van der Waals surface area contributed by atoms with Gasteiger partial charge in [-0.3, -0.25) is 4.79 Å². The number of anilines is 2. The maximum absolute atomic E-state index is 12.4. The number of piperidine rings is 1. The molecule has 1 aromatic heterocycles. The number of aromatic nitrogens is 2. The minimum Gasteiger partial charge on any atom is -0.341 e. The van der Waals surface area contributed by atoms with Gasteiger partial charge in [-0.05, 0) is 44.4 Å². The van der Waals surface area contributed by atoms with Crippen molar-refractivity contribution in [2.75, 3.05) is 23.3 Å². The molecule has 1 aliphatic rings. The van der Waals surface area contributed by atoms with Crippen molar-refractivity contribution in [3.63, 3.8) is 0 Å². The van der Waals surface area contributed by atoms with Gasteiger partial charge in [0, 0.05) is 30.0 Å². The highest BCUT2D eigenvalue weighted by atomic mass is 35.5. The van der Waals surface area contributed by atoms with Crippen LogP contribution in [0.15, 0.2) is 30.5 Å². The second-order valence-corrected chi connectivity index (χ2v) is 6.12. The highest BCUT2D eigenvalue weighted by molar-refractivity contribution is 6.30. The minimum atomic E-state index is -0.227. The zero-order valence-electron chi connectivity index (χ0n) is 13.1. The van der Waals surface area contributed by atoms with E-state index in [1.807, 2.05) is 6.92 Å². The molecule has 0 bridgehead atoms. The lowest BCUT2D eigenvalue weighted by Gasteiger charge is -2.26. The van der Waals surface area contributed by atoms with E-state index >= 15 is 0 Å². The Morgan fingerprint density at radius 3 is 2.74 bits per heavy atom. The van der Waals surface area contributed by atoms with Crippen LogP contribution in [0.4, 0.5) is 11.6 Å². The molecule has 0 unspecified atom stereocenters. The Morgan fingerprint density at radius 2 is 2.04 bits per heavy atom. The van der Waals surface area contributed by atoms with Crippen molar-refractivity contribution in [1.29, 1.82) is 0 Å². The summed E-state index contributed by atoms with van der Waals surface area (Å²) in [5.41, 5.74) is 1.81. The Kier molecular flexibility index (Phi) is 4.76. The quantitative estimate of drug-likeness (QED) is 0.932. The summed E-state index contributed by atoms with van der Waals surface area (Å²) in [6.07, 6.45) is 5.20. The van der Waals surface area contributed by atoms with Crippen LogP contribution >= 0.6 is 11.6 Å². The normalized spacial score (nSPS) is 14.6. The maximum atomic E-state index is 12.4. The molecule has 0 atom stereocenters. The summed E-state index contributed by atoms with van der Waals surface area (Å²) in [5, 5.41) is 3.40. The average Bonchev–Trinajstić information content (AvgIpc) is 2.55. The number of carbonyl (C=O) groups excluding carboxylic acids is 1. The van der Waals surface area contributed by atoms with Gasteiger partial charge in [-0.15, -0.1) is 0 Å². The van der Waals surface area contributed by atoms with Gasteiger partial charge in [-0.2, -0.15) is 0 Å². The van der Waals surface area contributed by atoms with E-state index in [0.717, 1.165) is 13.1 Å². The summed E-state index contributed by atoms with van der Waals surface area (Å²) >= 11 is 5.93. The second-order valence-electron chi connectivity index (χ2n) is 5.68. The second kappa shape index (κ2) is 6.96. The maximum Gasteiger partial charge on any atom is 0.259 e. The van der Waals surface area contributed by atoms with Gasteiger partial charge in [0.05, 0.1) is 11.3 Å². The predicted molar refractivity (Wildman–Crippen MR) is 92.2 cm³/mol. The number of halogens is 1. The SMILES string of the molecule is Cc1nc(N2CCCCC2)ncc1C(=O)Nc1cccc(Cl)c1. The predicted octanol–water partition coefficient (Wildman–Crippen LogP) is 3.68. The van der Waals surface area contributed by atoms with E-state index < -0.39 is 0 Å². The molecule has 0 aliphatic carbocycles. The standard InChI is InChI=1S/C17H19ClN4O/c1-12-15(16(23)21-14-7-5-6-13(18)10-14)11-19-17(20-12)22-8-3-2-4-9-22/h5-7,10-11H,2-4,8-9H2,1H3,(H,21,23). The Morgan fingerprint density at radius 1 is 1.26 bits per heavy atom. The third kappa shape index (κ3) is 3.79. The lowest BCUT2D eigenvalue weighted by atomic mass is 10.1. The monoisotopic (exact) mass is 330 g/mol. The summed E-state index contributed by atoms with van der Waals surface area (Å²) in [6.45, 7) is 3.79. The van der Waals surface area contributed by atoms with E-state index in [1.54, 1.807) is 30.5 Å². The van der Waals surface area contributed by atoms with Gasteiger partial charge in [-0.25, -0.2) is 9.97 Å². The van der Waals surface area contributed by atoms with Gasteiger partial charge in [-0.1, -0.05) is 17.7 Å². The number of hydrogen-bond donors (Lipinski definition) is 1. The first kappa shape index (κ1) is 15.7. The minimum absolute atomic E-state index is 0.227. The summed E-state index contributed by atoms with van der Waals surface area (Å²) in [5.74, 6) is 0.483. The van der Waals surface area contributed by atoms with Gasteiger partial charge in [0.2, 0.25) is 5.95 Å². The van der Waals surface area contributed by atoms with Crippen molar-refractivity contribution in [3.8, 4) is 0 Å². The van der Waals surface area contributed by atoms with Crippen LogP contribution in [-0.4, -0.2) is 29.0 Å². The molecule has 1 fully saturated rings. The molecule has 0 saturated carbocycles. The van der Waals surface area contributed by atoms with E-state index in [9.17, 15) is 4.79 Å². The van der Waals surface area contributed by atoms with Crippen molar-refractivity contribution in [2.45, 2.75) is 26.2 Å². The third-order valence-corrected chi connectivity index (χ3v) is 4.17. The highest BCUT2D eigenvalue weighted by Crippen LogP contribution is 2.19. The van der Waals surface area contributed by atoms with E-state index in [2.05, 4.69) is 20.2 Å². The number of benzene rings is 1. The molecule has 3 rings (SSSR count). The Bertz CT molecular complexity index is 713. The zero-order valence-corrected chi connectivity index (χ0v) is 13.8. The first-order chi connectivity index (χ1) is 11.1. The number of nitrogens with zero attached hydrogens (tertiary/aromatic N) is 3. The molecule has 1 saturated heterocycles. The molecule has 120 valence electrons. The number of carbonyl (C=O) groups is 1. The van der Waals surface area contributed by atoms with E-state index in [1.165, 1.54) is 19.3 Å². The molecule has 0 spiro atoms. The molecule has 5 nitrogen and oxygen atoms in total. The van der Waals surface area contributed by atoms with E-state index in [-0.39, 0.29) is 5.91 Å². The van der Waals surface area contributed by atoms with Gasteiger partial charge in [0.15, 0.2) is 0 Å². The highest BCUT2D eigenvalue weighted by Gasteiger charge is 2.17. The summed E-state index contributed by atoms with van der Waals surface area (Å²) in [4.78, 5) is 23.4. The van der Waals surface area contributed by atoms with Crippen LogP contribution in [0.5, 0.6) is 0 Å². The molecule has 23 heavy (non-hydrogen) atoms. The molecule has 6 heteroatoms. The number of aryl methyl sites for hydroxylation is 1. The molecule has 1 N–H and O–H groups in total. The first-order valence-corrected chi connectivity index (χ1v) is 8.17. The van der Waals surface area contributed by atoms with Gasteiger partial charge < -0.3 is 10.2 Å². The Labute approximate surface area is 140 Å². The summed E-state index contributed by atoms with van der Waals surface area (Å²) in [6, 6.07) is 7.06. The number of nitrogens with one attached hydrogen (secondary N) is 1. The van der Waals surface area contributed by atoms with Crippen LogP contribution in [-0.2, 0) is 0 Å². The molecular formula is C17H19ClN4O. The van der Waals surface area contributed by atoms with Crippen molar-refractivity contribution in [2.24, 2.45) is 0 Å². The summed E-state index contributed by atoms with van der Waals surface area (Å²) < 4.78 is 0. The van der Waals surface area contributed by atoms with Gasteiger partial charge in [0.25, 0.3) is 5.91 Å². The fraction of sp³-hybridized carbons (Fsp3) is 0.353. The number of amides is 1. The Hall–Kier alpha value is -2.14. The molecule has 0 radical (unpaired) electrons. The fourth-order valence-corrected chi connectivity index (χ4v) is 2.88. The molecule has 1 amide bonds. The van der Waals surface area contributed by atoms with Crippen molar-refractivity contribution >= 4 is 29.1 Å². The average molecular weight is 331 g/mol. The van der Waals surface area contributed by atoms with Crippen LogP contribution in [0.2, 0.25) is 5.02 Å². The lowest BCUT2D eigenvalue weighted by molar-refractivity contribution is 0.102. The fourth-order valence-electron chi connectivity index (χ4n) is 2.69. The van der Waals surface area contributed by atoms with Crippen LogP contribution in [0.25, 0.3) is 0 Å². The van der Waals surface area contributed by atoms with Crippen LogP contribution < -0.4 is 10.2 Å². The first-order valence-electron chi connectivity index (χ1n) is 7.79. The topological polar surface area (TPSA) is 58.1 Å². The lowest BCUT2D eigenvalue weighted by Crippen LogP contribution is -2.31. The van der Waals surface area contributed by atoms with Crippen LogP contribution in [0.1, 0.15) is 35.3 Å². The van der Waals surface area contributed by atoms with Crippen molar-refractivity contribution < 1.29 is 4.79 Å². The molecule has 2 aromatic rings. The molecule has 2 heterocycles. The van der Waals surface area contributed by atoms with Crippen LogP contribution in [0.3, 0.4) is 0 Å². The van der Waals surface area contributed by atoms with Crippen molar-refractivity contribution in [1.82, 2.24) is 9.97 Å². The molecular weight excluding hydrogens is 312 g/mol. The Balaban J connectivity index is 1.75. The van der Waals surface area contributed by atoms with Gasteiger partial charge in [0.1, 0.15) is 0 Å².